The van der Waals surface area contributed by atoms with E-state index >= 15 is 0 Å². The Morgan fingerprint density at radius 3 is 2.67 bits per heavy atom. The lowest BCUT2D eigenvalue weighted by Gasteiger charge is -2.30. The molecule has 0 saturated carbocycles. The Balaban J connectivity index is 1.61. The molecular formula is C25H23ClF2N4O. The Bertz CT molecular complexity index is 1200. The van der Waals surface area contributed by atoms with Crippen molar-refractivity contribution < 1.29 is 13.6 Å². The van der Waals surface area contributed by atoms with Crippen molar-refractivity contribution in [3.8, 4) is 11.3 Å². The summed E-state index contributed by atoms with van der Waals surface area (Å²) in [6, 6.07) is 9.57. The lowest BCUT2D eigenvalue weighted by molar-refractivity contribution is -0.114. The van der Waals surface area contributed by atoms with Crippen LogP contribution in [0.15, 0.2) is 55.3 Å². The fourth-order valence-corrected chi connectivity index (χ4v) is 4.08. The highest BCUT2D eigenvalue weighted by Crippen LogP contribution is 2.32. The normalized spacial score (nSPS) is 13.6. The summed E-state index contributed by atoms with van der Waals surface area (Å²) in [6.07, 6.45) is 5.48. The van der Waals surface area contributed by atoms with Crippen LogP contribution in [0.4, 0.5) is 26.1 Å². The average molecular weight is 469 g/mol. The summed E-state index contributed by atoms with van der Waals surface area (Å²) in [4.78, 5) is 22.3. The van der Waals surface area contributed by atoms with Gasteiger partial charge in [-0.2, -0.15) is 0 Å². The molecule has 0 unspecified atom stereocenters. The van der Waals surface area contributed by atoms with Crippen LogP contribution in [0.5, 0.6) is 0 Å². The molecule has 0 bridgehead atoms. The number of anilines is 3. The van der Waals surface area contributed by atoms with Gasteiger partial charge in [0.15, 0.2) is 11.6 Å². The molecule has 8 heteroatoms. The van der Waals surface area contributed by atoms with Gasteiger partial charge < -0.3 is 10.2 Å². The summed E-state index contributed by atoms with van der Waals surface area (Å²) < 4.78 is 28.7. The van der Waals surface area contributed by atoms with E-state index in [0.717, 1.165) is 43.9 Å². The zero-order valence-electron chi connectivity index (χ0n) is 18.0. The van der Waals surface area contributed by atoms with Crippen LogP contribution in [0, 0.1) is 11.6 Å². The predicted molar refractivity (Wildman–Crippen MR) is 127 cm³/mol. The van der Waals surface area contributed by atoms with E-state index in [1.165, 1.54) is 24.6 Å². The van der Waals surface area contributed by atoms with Crippen LogP contribution in [0.25, 0.3) is 11.3 Å². The van der Waals surface area contributed by atoms with Gasteiger partial charge in [0.25, 0.3) is 0 Å². The maximum absolute atomic E-state index is 14.6. The second-order valence-corrected chi connectivity index (χ2v) is 8.29. The van der Waals surface area contributed by atoms with Crippen molar-refractivity contribution in [3.05, 3.63) is 77.5 Å². The summed E-state index contributed by atoms with van der Waals surface area (Å²) in [5.74, 6) is -1.35. The van der Waals surface area contributed by atoms with Gasteiger partial charge in [-0.05, 0) is 67.3 Å². The van der Waals surface area contributed by atoms with Gasteiger partial charge >= 0.3 is 0 Å². The van der Waals surface area contributed by atoms with E-state index in [2.05, 4.69) is 26.8 Å². The van der Waals surface area contributed by atoms with E-state index < -0.39 is 11.6 Å². The van der Waals surface area contributed by atoms with Crippen molar-refractivity contribution in [2.75, 3.05) is 23.3 Å². The first-order chi connectivity index (χ1) is 15.9. The molecule has 0 aliphatic carbocycles. The molecule has 1 aromatic heterocycles. The maximum atomic E-state index is 14.6. The minimum Gasteiger partial charge on any atom is -0.370 e. The number of halogens is 3. The number of hydrogen-bond acceptors (Lipinski definition) is 5. The van der Waals surface area contributed by atoms with Gasteiger partial charge in [0.1, 0.15) is 11.5 Å². The number of carbonyl (C=O) groups excluding carboxylic acids is 1. The molecule has 0 spiro atoms. The largest absolute Gasteiger partial charge is 0.370 e. The molecular weight excluding hydrogens is 446 g/mol. The molecule has 5 nitrogen and oxygen atoms in total. The smallest absolute Gasteiger partial charge is 0.227 e. The van der Waals surface area contributed by atoms with Crippen LogP contribution in [0.2, 0.25) is 5.02 Å². The molecule has 1 aliphatic rings. The number of carbonyl (C=O) groups is 1. The van der Waals surface area contributed by atoms with Crippen molar-refractivity contribution in [1.29, 1.82) is 0 Å². The van der Waals surface area contributed by atoms with E-state index in [4.69, 9.17) is 11.6 Å². The highest BCUT2D eigenvalue weighted by molar-refractivity contribution is 6.33. The molecule has 0 atom stereocenters. The number of nitrogens with one attached hydrogen (secondary N) is 1. The van der Waals surface area contributed by atoms with Crippen LogP contribution in [-0.2, 0) is 11.2 Å². The summed E-state index contributed by atoms with van der Waals surface area (Å²) >= 11 is 6.42. The molecule has 2 heterocycles. The van der Waals surface area contributed by atoms with Crippen LogP contribution >= 0.6 is 11.6 Å². The van der Waals surface area contributed by atoms with Crippen LogP contribution in [-0.4, -0.2) is 28.8 Å². The van der Waals surface area contributed by atoms with Crippen molar-refractivity contribution in [1.82, 2.24) is 9.97 Å². The highest BCUT2D eigenvalue weighted by atomic mass is 35.5. The Kier molecular flexibility index (Phi) is 6.99. The predicted octanol–water partition coefficient (Wildman–Crippen LogP) is 6.11. The second kappa shape index (κ2) is 10.1. The number of rotatable bonds is 7. The number of ketones is 1. The van der Waals surface area contributed by atoms with Crippen molar-refractivity contribution >= 4 is 34.7 Å². The first-order valence-corrected chi connectivity index (χ1v) is 11.1. The summed E-state index contributed by atoms with van der Waals surface area (Å²) in [6.45, 7) is 5.29. The molecule has 4 rings (SSSR count). The number of benzene rings is 2. The molecule has 33 heavy (non-hydrogen) atoms. The van der Waals surface area contributed by atoms with Gasteiger partial charge in [-0.1, -0.05) is 18.2 Å². The van der Waals surface area contributed by atoms with Gasteiger partial charge in [-0.3, -0.25) is 4.79 Å². The fourth-order valence-electron chi connectivity index (χ4n) is 3.84. The Hall–Kier alpha value is -3.32. The first kappa shape index (κ1) is 22.9. The van der Waals surface area contributed by atoms with Gasteiger partial charge in [-0.15, -0.1) is 0 Å². The molecule has 1 N–H and O–H groups in total. The lowest BCUT2D eigenvalue weighted by Crippen LogP contribution is -2.29. The van der Waals surface area contributed by atoms with Crippen LogP contribution in [0.1, 0.15) is 24.8 Å². The summed E-state index contributed by atoms with van der Waals surface area (Å²) in [7, 11) is 0. The zero-order valence-corrected chi connectivity index (χ0v) is 18.7. The standard InChI is InChI=1S/C25H23ClF2N4O/c1-2-19(33)13-17-12-16(6-9-21(17)27)24-22(28)15-29-25(31-24)30-18-7-8-20(26)23(14-18)32-10-4-3-5-11-32/h2,6-9,12,14-15H,1,3-5,10-11,13H2,(H,29,30,31). The van der Waals surface area contributed by atoms with Crippen LogP contribution < -0.4 is 10.2 Å². The molecule has 2 aromatic carbocycles. The van der Waals surface area contributed by atoms with E-state index in [1.54, 1.807) is 12.1 Å². The second-order valence-electron chi connectivity index (χ2n) is 7.88. The van der Waals surface area contributed by atoms with Gasteiger partial charge in [0.2, 0.25) is 5.95 Å². The maximum Gasteiger partial charge on any atom is 0.227 e. The Morgan fingerprint density at radius 2 is 1.91 bits per heavy atom. The van der Waals surface area contributed by atoms with Gasteiger partial charge in [0.05, 0.1) is 16.9 Å². The molecule has 0 radical (unpaired) electrons. The third-order valence-electron chi connectivity index (χ3n) is 5.55. The first-order valence-electron chi connectivity index (χ1n) is 10.7. The van der Waals surface area contributed by atoms with Crippen molar-refractivity contribution in [2.24, 2.45) is 0 Å². The topological polar surface area (TPSA) is 58.1 Å². The van der Waals surface area contributed by atoms with E-state index in [9.17, 15) is 13.6 Å². The number of hydrogen-bond donors (Lipinski definition) is 1. The molecule has 1 fully saturated rings. The summed E-state index contributed by atoms with van der Waals surface area (Å²) in [5, 5.41) is 3.76. The minimum atomic E-state index is -0.654. The van der Waals surface area contributed by atoms with Crippen LogP contribution in [0.3, 0.4) is 0 Å². The number of nitrogens with zero attached hydrogens (tertiary/aromatic N) is 3. The molecule has 170 valence electrons. The summed E-state index contributed by atoms with van der Waals surface area (Å²) in [5.41, 5.74) is 2.14. The Morgan fingerprint density at radius 1 is 1.12 bits per heavy atom. The Labute approximate surface area is 196 Å². The molecule has 3 aromatic rings. The molecule has 1 aliphatic heterocycles. The molecule has 1 saturated heterocycles. The third kappa shape index (κ3) is 5.37. The zero-order chi connectivity index (χ0) is 23.4. The van der Waals surface area contributed by atoms with Gasteiger partial charge in [-0.25, -0.2) is 18.7 Å². The minimum absolute atomic E-state index is 0.00465. The monoisotopic (exact) mass is 468 g/mol. The SMILES string of the molecule is C=CC(=O)Cc1cc(-c2nc(Nc3ccc(Cl)c(N4CCCCC4)c3)ncc2F)ccc1F. The fraction of sp³-hybridized carbons (Fsp3) is 0.240. The quantitative estimate of drug-likeness (QED) is 0.424. The van der Waals surface area contributed by atoms with Gasteiger partial charge in [0, 0.05) is 30.8 Å². The highest BCUT2D eigenvalue weighted by Gasteiger charge is 2.16. The van der Waals surface area contributed by atoms with E-state index in [-0.39, 0.29) is 29.4 Å². The number of aromatic nitrogens is 2. The molecule has 0 amide bonds. The van der Waals surface area contributed by atoms with Crippen molar-refractivity contribution in [3.63, 3.8) is 0 Å². The lowest BCUT2D eigenvalue weighted by atomic mass is 10.0. The third-order valence-corrected chi connectivity index (χ3v) is 5.87. The van der Waals surface area contributed by atoms with E-state index in [0.29, 0.717) is 16.3 Å². The number of allylic oxidation sites excluding steroid dienone is 1. The van der Waals surface area contributed by atoms with Crippen molar-refractivity contribution in [2.45, 2.75) is 25.7 Å². The number of piperidine rings is 1. The van der Waals surface area contributed by atoms with E-state index in [1.807, 2.05) is 6.07 Å². The average Bonchev–Trinajstić information content (AvgIpc) is 2.83.